The molecule has 1 heterocycles. The Morgan fingerprint density at radius 2 is 1.88 bits per heavy atom. The van der Waals surface area contributed by atoms with Crippen LogP contribution in [0.3, 0.4) is 0 Å². The zero-order valence-electron chi connectivity index (χ0n) is 20.2. The highest BCUT2D eigenvalue weighted by Gasteiger charge is 2.51. The molecule has 4 rings (SSSR count). The van der Waals surface area contributed by atoms with Crippen LogP contribution in [0, 0.1) is 29.1 Å². The lowest BCUT2D eigenvalue weighted by molar-refractivity contribution is -0.0360. The summed E-state index contributed by atoms with van der Waals surface area (Å²) < 4.78 is 27.5. The van der Waals surface area contributed by atoms with Gasteiger partial charge < -0.3 is 15.1 Å². The van der Waals surface area contributed by atoms with Crippen molar-refractivity contribution in [2.45, 2.75) is 96.7 Å². The monoisotopic (exact) mass is 451 g/mol. The molecule has 1 saturated heterocycles. The molecule has 0 aromatic carbocycles. The molecule has 7 atom stereocenters. The number of alkyl halides is 2. The van der Waals surface area contributed by atoms with Gasteiger partial charge in [0.15, 0.2) is 0 Å². The Balaban J connectivity index is 1.41. The Kier molecular flexibility index (Phi) is 7.20. The van der Waals surface area contributed by atoms with Gasteiger partial charge in [-0.3, -0.25) is 0 Å². The number of rotatable bonds is 5. The molecule has 0 aromatic rings. The van der Waals surface area contributed by atoms with Gasteiger partial charge >= 0.3 is 0 Å². The minimum atomic E-state index is -2.57. The predicted octanol–water partition coefficient (Wildman–Crippen LogP) is 5.57. The SMILES string of the molecule is CC(CN1CC[C@@H](C(C)(F)F)C1)[C@H]1CC[C@H]2/C(=C/C=C3C[C@@H](O)C[C@H](O)C3)CCC[C@]12C. The first kappa shape index (κ1) is 24.3. The maximum absolute atomic E-state index is 13.7. The summed E-state index contributed by atoms with van der Waals surface area (Å²) in [5.41, 5.74) is 3.00. The molecule has 182 valence electrons. The van der Waals surface area contributed by atoms with E-state index in [0.29, 0.717) is 55.4 Å². The molecule has 0 spiro atoms. The van der Waals surface area contributed by atoms with Crippen molar-refractivity contribution < 1.29 is 19.0 Å². The number of hydrogen-bond acceptors (Lipinski definition) is 3. The Labute approximate surface area is 193 Å². The largest absolute Gasteiger partial charge is 0.393 e. The van der Waals surface area contributed by atoms with E-state index in [2.05, 4.69) is 30.9 Å². The van der Waals surface area contributed by atoms with Crippen LogP contribution in [0.2, 0.25) is 0 Å². The first-order valence-corrected chi connectivity index (χ1v) is 12.9. The fourth-order valence-corrected chi connectivity index (χ4v) is 7.69. The minimum absolute atomic E-state index is 0.293. The standard InChI is InChI=1S/C27H43F2NO2/c1-18(16-30-12-10-21(17-30)27(3,28)29)24-8-9-25-20(5-4-11-26(24,25)2)7-6-19-13-22(31)15-23(32)14-19/h6-7,18,21-25,31-32H,4-5,8-17H2,1-3H3/b20-7+/t18?,21-,22-,23-,24-,25+,26-/m1/s1. The highest BCUT2D eigenvalue weighted by Crippen LogP contribution is 2.59. The van der Waals surface area contributed by atoms with E-state index in [1.165, 1.54) is 25.7 Å². The van der Waals surface area contributed by atoms with Crippen molar-refractivity contribution in [3.05, 3.63) is 23.3 Å². The van der Waals surface area contributed by atoms with E-state index in [4.69, 9.17) is 0 Å². The van der Waals surface area contributed by atoms with Gasteiger partial charge in [0.25, 0.3) is 0 Å². The Morgan fingerprint density at radius 3 is 2.53 bits per heavy atom. The van der Waals surface area contributed by atoms with Crippen LogP contribution in [0.25, 0.3) is 0 Å². The normalized spacial score (nSPS) is 41.2. The molecular formula is C27H43F2NO2. The molecule has 32 heavy (non-hydrogen) atoms. The number of aliphatic hydroxyl groups excluding tert-OH is 2. The van der Waals surface area contributed by atoms with Crippen molar-refractivity contribution in [2.75, 3.05) is 19.6 Å². The maximum atomic E-state index is 13.7. The summed E-state index contributed by atoms with van der Waals surface area (Å²) in [6.07, 6.45) is 12.2. The van der Waals surface area contributed by atoms with Crippen LogP contribution in [-0.4, -0.2) is 52.9 Å². The summed E-state index contributed by atoms with van der Waals surface area (Å²) in [5.74, 6) is -1.29. The zero-order chi connectivity index (χ0) is 23.1. The molecule has 0 bridgehead atoms. The molecule has 0 radical (unpaired) electrons. The van der Waals surface area contributed by atoms with Crippen molar-refractivity contribution >= 4 is 0 Å². The number of likely N-dealkylation sites (tertiary alicyclic amines) is 1. The molecule has 5 heteroatoms. The van der Waals surface area contributed by atoms with Crippen LogP contribution in [-0.2, 0) is 0 Å². The van der Waals surface area contributed by atoms with Crippen molar-refractivity contribution in [2.24, 2.45) is 29.1 Å². The van der Waals surface area contributed by atoms with Crippen LogP contribution < -0.4 is 0 Å². The molecule has 3 aliphatic carbocycles. The highest BCUT2D eigenvalue weighted by atomic mass is 19.3. The second kappa shape index (κ2) is 9.46. The summed E-state index contributed by atoms with van der Waals surface area (Å²) in [5, 5.41) is 20.0. The van der Waals surface area contributed by atoms with Crippen LogP contribution in [0.5, 0.6) is 0 Å². The summed E-state index contributed by atoms with van der Waals surface area (Å²) in [4.78, 5) is 2.28. The number of aliphatic hydroxyl groups is 2. The van der Waals surface area contributed by atoms with Gasteiger partial charge in [0.2, 0.25) is 5.92 Å². The van der Waals surface area contributed by atoms with E-state index in [-0.39, 0.29) is 0 Å². The second-order valence-corrected chi connectivity index (χ2v) is 11.8. The highest BCUT2D eigenvalue weighted by molar-refractivity contribution is 5.26. The number of halogens is 2. The van der Waals surface area contributed by atoms with E-state index in [9.17, 15) is 19.0 Å². The Morgan fingerprint density at radius 1 is 1.16 bits per heavy atom. The lowest BCUT2D eigenvalue weighted by Crippen LogP contribution is -2.40. The third kappa shape index (κ3) is 5.15. The van der Waals surface area contributed by atoms with Gasteiger partial charge in [-0.2, -0.15) is 0 Å². The molecule has 1 unspecified atom stereocenters. The van der Waals surface area contributed by atoms with Gasteiger partial charge in [-0.05, 0) is 94.4 Å². The van der Waals surface area contributed by atoms with Crippen LogP contribution in [0.15, 0.2) is 23.3 Å². The van der Waals surface area contributed by atoms with Gasteiger partial charge in [0.05, 0.1) is 12.2 Å². The summed E-state index contributed by atoms with van der Waals surface area (Å²) in [6.45, 7) is 8.19. The van der Waals surface area contributed by atoms with E-state index in [1.54, 1.807) is 5.57 Å². The average Bonchev–Trinajstić information content (AvgIpc) is 3.29. The van der Waals surface area contributed by atoms with Gasteiger partial charge in [0.1, 0.15) is 0 Å². The fraction of sp³-hybridized carbons (Fsp3) is 0.852. The predicted molar refractivity (Wildman–Crippen MR) is 125 cm³/mol. The van der Waals surface area contributed by atoms with Crippen molar-refractivity contribution in [1.29, 1.82) is 0 Å². The topological polar surface area (TPSA) is 43.7 Å². The van der Waals surface area contributed by atoms with E-state index in [0.717, 1.165) is 32.0 Å². The Hall–Kier alpha value is -0.780. The molecule has 0 amide bonds. The lowest BCUT2D eigenvalue weighted by Gasteiger charge is -2.45. The Bertz CT molecular complexity index is 718. The molecule has 1 aliphatic heterocycles. The van der Waals surface area contributed by atoms with Crippen molar-refractivity contribution in [1.82, 2.24) is 4.90 Å². The summed E-state index contributed by atoms with van der Waals surface area (Å²) >= 11 is 0. The van der Waals surface area contributed by atoms with Crippen molar-refractivity contribution in [3.8, 4) is 0 Å². The molecule has 4 aliphatic rings. The average molecular weight is 452 g/mol. The van der Waals surface area contributed by atoms with Crippen LogP contribution >= 0.6 is 0 Å². The van der Waals surface area contributed by atoms with Gasteiger partial charge in [-0.1, -0.05) is 37.1 Å². The third-order valence-corrected chi connectivity index (χ3v) is 9.33. The smallest absolute Gasteiger partial charge is 0.249 e. The van der Waals surface area contributed by atoms with Crippen LogP contribution in [0.4, 0.5) is 8.78 Å². The minimum Gasteiger partial charge on any atom is -0.393 e. The second-order valence-electron chi connectivity index (χ2n) is 11.8. The molecule has 3 saturated carbocycles. The van der Waals surface area contributed by atoms with Crippen LogP contribution in [0.1, 0.15) is 78.6 Å². The first-order valence-electron chi connectivity index (χ1n) is 12.9. The van der Waals surface area contributed by atoms with Gasteiger partial charge in [0, 0.05) is 19.0 Å². The molecule has 4 fully saturated rings. The number of hydrogen-bond donors (Lipinski definition) is 2. The van der Waals surface area contributed by atoms with Crippen molar-refractivity contribution in [3.63, 3.8) is 0 Å². The number of nitrogens with zero attached hydrogens (tertiary/aromatic N) is 1. The van der Waals surface area contributed by atoms with E-state index < -0.39 is 24.0 Å². The number of allylic oxidation sites excluding steroid dienone is 3. The van der Waals surface area contributed by atoms with E-state index >= 15 is 0 Å². The number of fused-ring (bicyclic) bond motifs is 1. The summed E-state index contributed by atoms with van der Waals surface area (Å²) in [6, 6.07) is 0. The fourth-order valence-electron chi connectivity index (χ4n) is 7.69. The van der Waals surface area contributed by atoms with E-state index in [1.807, 2.05) is 0 Å². The zero-order valence-corrected chi connectivity index (χ0v) is 20.2. The third-order valence-electron chi connectivity index (χ3n) is 9.33. The molecular weight excluding hydrogens is 408 g/mol. The summed E-state index contributed by atoms with van der Waals surface area (Å²) in [7, 11) is 0. The van der Waals surface area contributed by atoms with Gasteiger partial charge in [-0.15, -0.1) is 0 Å². The molecule has 2 N–H and O–H groups in total. The lowest BCUT2D eigenvalue weighted by atomic mass is 9.61. The quantitative estimate of drug-likeness (QED) is 0.574. The first-order chi connectivity index (χ1) is 15.1. The molecule has 3 nitrogen and oxygen atoms in total. The molecule has 0 aromatic heterocycles. The maximum Gasteiger partial charge on any atom is 0.249 e. The van der Waals surface area contributed by atoms with Gasteiger partial charge in [-0.25, -0.2) is 8.78 Å².